The number of anilines is 1. The van der Waals surface area contributed by atoms with Gasteiger partial charge in [-0.2, -0.15) is 5.26 Å². The number of nitrogens with zero attached hydrogens (tertiary/aromatic N) is 3. The Morgan fingerprint density at radius 3 is 2.71 bits per heavy atom. The Kier molecular flexibility index (Phi) is 4.97. The second-order valence-corrected chi connectivity index (χ2v) is 8.04. The average Bonchev–Trinajstić information content (AvgIpc) is 3.42. The molecule has 3 heterocycles. The number of nitriles is 1. The topological polar surface area (TPSA) is 72.4 Å². The van der Waals surface area contributed by atoms with E-state index >= 15 is 0 Å². The van der Waals surface area contributed by atoms with Crippen LogP contribution in [-0.2, 0) is 4.79 Å². The molecular weight excluding hydrogens is 388 g/mol. The van der Waals surface area contributed by atoms with Crippen molar-refractivity contribution >= 4 is 28.1 Å². The highest BCUT2D eigenvalue weighted by Gasteiger charge is 2.37. The van der Waals surface area contributed by atoms with Gasteiger partial charge < -0.3 is 14.6 Å². The fourth-order valence-corrected chi connectivity index (χ4v) is 4.68. The van der Waals surface area contributed by atoms with Crippen LogP contribution < -0.4 is 9.64 Å². The lowest BCUT2D eigenvalue weighted by molar-refractivity contribution is -0.121. The van der Waals surface area contributed by atoms with Gasteiger partial charge in [-0.15, -0.1) is 0 Å². The van der Waals surface area contributed by atoms with Crippen molar-refractivity contribution in [2.75, 3.05) is 31.6 Å². The molecule has 2 aliphatic heterocycles. The van der Waals surface area contributed by atoms with Crippen molar-refractivity contribution in [2.45, 2.75) is 18.9 Å². The zero-order chi connectivity index (χ0) is 21.4. The van der Waals surface area contributed by atoms with Gasteiger partial charge in [-0.1, -0.05) is 6.08 Å². The summed E-state index contributed by atoms with van der Waals surface area (Å²) in [5, 5.41) is 10.2. The molecule has 1 atom stereocenters. The van der Waals surface area contributed by atoms with Gasteiger partial charge in [-0.3, -0.25) is 9.69 Å². The number of methoxy groups -OCH3 is 1. The minimum atomic E-state index is -0.0866. The molecule has 0 saturated carbocycles. The fourth-order valence-electron chi connectivity index (χ4n) is 4.68. The van der Waals surface area contributed by atoms with Crippen LogP contribution >= 0.6 is 0 Å². The van der Waals surface area contributed by atoms with Crippen LogP contribution in [-0.4, -0.2) is 48.6 Å². The lowest BCUT2D eigenvalue weighted by atomic mass is 9.98. The first kappa shape index (κ1) is 19.4. The average molecular weight is 412 g/mol. The normalized spacial score (nSPS) is 19.5. The summed E-state index contributed by atoms with van der Waals surface area (Å²) in [5.41, 5.74) is 5.10. The standard InChI is InChI=1S/C25H24N4O2/c1-31-20-6-7-23-21(14-20)22(16-27-23)18-8-11-28(12-9-18)24-10-13-29(25(24)30)19-4-2-17(15-26)3-5-19/h2-8,14,16,24,27H,9-13H2,1H3. The summed E-state index contributed by atoms with van der Waals surface area (Å²) in [7, 11) is 1.69. The van der Waals surface area contributed by atoms with Crippen LogP contribution in [0.5, 0.6) is 5.75 Å². The van der Waals surface area contributed by atoms with E-state index in [1.807, 2.05) is 29.2 Å². The lowest BCUT2D eigenvalue weighted by Gasteiger charge is -2.30. The maximum Gasteiger partial charge on any atom is 0.244 e. The number of carbonyl (C=O) groups is 1. The molecule has 1 N–H and O–H groups in total. The van der Waals surface area contributed by atoms with Gasteiger partial charge in [0.05, 0.1) is 24.8 Å². The third-order valence-corrected chi connectivity index (χ3v) is 6.40. The number of benzene rings is 2. The highest BCUT2D eigenvalue weighted by molar-refractivity contribution is 5.99. The van der Waals surface area contributed by atoms with E-state index in [-0.39, 0.29) is 11.9 Å². The Labute approximate surface area is 181 Å². The van der Waals surface area contributed by atoms with E-state index in [1.54, 1.807) is 19.2 Å². The molecule has 1 aromatic heterocycles. The van der Waals surface area contributed by atoms with E-state index < -0.39 is 0 Å². The van der Waals surface area contributed by atoms with Crippen molar-refractivity contribution in [3.05, 3.63) is 65.9 Å². The van der Waals surface area contributed by atoms with Crippen LogP contribution in [0.1, 0.15) is 24.0 Å². The number of ether oxygens (including phenoxy) is 1. The molecule has 1 amide bonds. The number of rotatable bonds is 4. The summed E-state index contributed by atoms with van der Waals surface area (Å²) in [6, 6.07) is 15.4. The number of H-pyrrole nitrogens is 1. The Balaban J connectivity index is 1.31. The van der Waals surface area contributed by atoms with Crippen LogP contribution in [0.3, 0.4) is 0 Å². The summed E-state index contributed by atoms with van der Waals surface area (Å²) >= 11 is 0. The molecular formula is C25H24N4O2. The van der Waals surface area contributed by atoms with Crippen molar-refractivity contribution in [2.24, 2.45) is 0 Å². The number of fused-ring (bicyclic) bond motifs is 1. The molecule has 2 aliphatic rings. The molecule has 31 heavy (non-hydrogen) atoms. The number of nitrogens with one attached hydrogen (secondary N) is 1. The number of hydrogen-bond donors (Lipinski definition) is 1. The van der Waals surface area contributed by atoms with E-state index in [4.69, 9.17) is 10.00 Å². The fraction of sp³-hybridized carbons (Fsp3) is 0.280. The van der Waals surface area contributed by atoms with Crippen molar-refractivity contribution in [1.29, 1.82) is 5.26 Å². The van der Waals surface area contributed by atoms with Gasteiger partial charge in [0.25, 0.3) is 0 Å². The second-order valence-electron chi connectivity index (χ2n) is 8.04. The van der Waals surface area contributed by atoms with Gasteiger partial charge in [0.1, 0.15) is 5.75 Å². The predicted molar refractivity (Wildman–Crippen MR) is 121 cm³/mol. The molecule has 0 bridgehead atoms. The number of amides is 1. The molecule has 1 unspecified atom stereocenters. The Hall–Kier alpha value is -3.56. The van der Waals surface area contributed by atoms with Gasteiger partial charge in [0, 0.05) is 48.0 Å². The van der Waals surface area contributed by atoms with Gasteiger partial charge in [-0.05, 0) is 60.9 Å². The van der Waals surface area contributed by atoms with E-state index in [2.05, 4.69) is 34.3 Å². The minimum Gasteiger partial charge on any atom is -0.497 e. The molecule has 156 valence electrons. The monoisotopic (exact) mass is 412 g/mol. The number of carbonyl (C=O) groups excluding carboxylic acids is 1. The quantitative estimate of drug-likeness (QED) is 0.704. The Morgan fingerprint density at radius 1 is 1.16 bits per heavy atom. The molecule has 2 aromatic carbocycles. The van der Waals surface area contributed by atoms with Gasteiger partial charge in [0.15, 0.2) is 0 Å². The number of aromatic nitrogens is 1. The number of aromatic amines is 1. The summed E-state index contributed by atoms with van der Waals surface area (Å²) < 4.78 is 5.39. The zero-order valence-corrected chi connectivity index (χ0v) is 17.5. The van der Waals surface area contributed by atoms with Crippen LogP contribution in [0.15, 0.2) is 54.7 Å². The molecule has 6 heteroatoms. The molecule has 1 saturated heterocycles. The van der Waals surface area contributed by atoms with Gasteiger partial charge >= 0.3 is 0 Å². The third kappa shape index (κ3) is 3.47. The van der Waals surface area contributed by atoms with E-state index in [0.29, 0.717) is 12.1 Å². The zero-order valence-electron chi connectivity index (χ0n) is 17.5. The van der Waals surface area contributed by atoms with Crippen LogP contribution in [0.4, 0.5) is 5.69 Å². The van der Waals surface area contributed by atoms with Gasteiger partial charge in [-0.25, -0.2) is 0 Å². The number of hydrogen-bond acceptors (Lipinski definition) is 4. The third-order valence-electron chi connectivity index (χ3n) is 6.40. The molecule has 0 spiro atoms. The summed E-state index contributed by atoms with van der Waals surface area (Å²) in [6.45, 7) is 2.34. The minimum absolute atomic E-state index is 0.0866. The van der Waals surface area contributed by atoms with Crippen molar-refractivity contribution in [3.63, 3.8) is 0 Å². The lowest BCUT2D eigenvalue weighted by Crippen LogP contribution is -2.43. The SMILES string of the molecule is COc1ccc2[nH]cc(C3=CCN(C4CCN(c5ccc(C#N)cc5)C4=O)CC3)c2c1. The van der Waals surface area contributed by atoms with E-state index in [1.165, 1.54) is 16.5 Å². The molecule has 3 aromatic rings. The molecule has 1 fully saturated rings. The summed E-state index contributed by atoms with van der Waals surface area (Å²) in [6.07, 6.45) is 6.05. The first-order chi connectivity index (χ1) is 15.2. The van der Waals surface area contributed by atoms with Crippen molar-refractivity contribution < 1.29 is 9.53 Å². The molecule has 0 aliphatic carbocycles. The van der Waals surface area contributed by atoms with Crippen molar-refractivity contribution in [1.82, 2.24) is 9.88 Å². The van der Waals surface area contributed by atoms with Crippen LogP contribution in [0.2, 0.25) is 0 Å². The summed E-state index contributed by atoms with van der Waals surface area (Å²) in [4.78, 5) is 20.6. The maximum absolute atomic E-state index is 13.1. The molecule has 6 nitrogen and oxygen atoms in total. The summed E-state index contributed by atoms with van der Waals surface area (Å²) in [5.74, 6) is 1.00. The smallest absolute Gasteiger partial charge is 0.244 e. The first-order valence-electron chi connectivity index (χ1n) is 10.6. The van der Waals surface area contributed by atoms with Crippen molar-refractivity contribution in [3.8, 4) is 11.8 Å². The van der Waals surface area contributed by atoms with Crippen LogP contribution in [0.25, 0.3) is 16.5 Å². The van der Waals surface area contributed by atoms with Crippen LogP contribution in [0, 0.1) is 11.3 Å². The first-order valence-corrected chi connectivity index (χ1v) is 10.6. The van der Waals surface area contributed by atoms with Gasteiger partial charge in [0.2, 0.25) is 5.91 Å². The predicted octanol–water partition coefficient (Wildman–Crippen LogP) is 3.94. The highest BCUT2D eigenvalue weighted by atomic mass is 16.5. The molecule has 0 radical (unpaired) electrons. The van der Waals surface area contributed by atoms with E-state index in [9.17, 15) is 4.79 Å². The largest absolute Gasteiger partial charge is 0.497 e. The second kappa shape index (κ2) is 7.93. The molecule has 5 rings (SSSR count). The Morgan fingerprint density at radius 2 is 2.00 bits per heavy atom. The Bertz CT molecular complexity index is 1200. The highest BCUT2D eigenvalue weighted by Crippen LogP contribution is 2.33. The van der Waals surface area contributed by atoms with E-state index in [0.717, 1.165) is 42.9 Å². The maximum atomic E-state index is 13.1.